The van der Waals surface area contributed by atoms with Gasteiger partial charge in [0, 0.05) is 29.8 Å². The third kappa shape index (κ3) is 7.69. The summed E-state index contributed by atoms with van der Waals surface area (Å²) in [5.74, 6) is 0.185. The molecule has 0 spiro atoms. The Balaban J connectivity index is 1.50. The second-order valence-corrected chi connectivity index (χ2v) is 8.31. The molecular formula is C23H27BrN6O5. The van der Waals surface area contributed by atoms with Crippen molar-refractivity contribution in [2.45, 2.75) is 20.4 Å². The lowest BCUT2D eigenvalue weighted by molar-refractivity contribution is -0.118. The minimum absolute atomic E-state index is 0.0442. The normalized spacial score (nSPS) is 10.6. The summed E-state index contributed by atoms with van der Waals surface area (Å²) in [6.45, 7) is 5.46. The quantitative estimate of drug-likeness (QED) is 0.251. The van der Waals surface area contributed by atoms with Crippen molar-refractivity contribution in [1.82, 2.24) is 20.9 Å². The van der Waals surface area contributed by atoms with Gasteiger partial charge in [0.15, 0.2) is 18.1 Å². The molecule has 1 heterocycles. The van der Waals surface area contributed by atoms with Crippen molar-refractivity contribution in [1.29, 1.82) is 0 Å². The molecule has 2 amide bonds. The lowest BCUT2D eigenvalue weighted by Gasteiger charge is -2.15. The average molecular weight is 547 g/mol. The third-order valence-corrected chi connectivity index (χ3v) is 5.48. The highest BCUT2D eigenvalue weighted by atomic mass is 79.9. The highest BCUT2D eigenvalue weighted by molar-refractivity contribution is 9.10. The summed E-state index contributed by atoms with van der Waals surface area (Å²) in [5, 5.41) is 15.5. The number of benzene rings is 2. The number of anilines is 2. The van der Waals surface area contributed by atoms with E-state index in [9.17, 15) is 9.59 Å². The Morgan fingerprint density at radius 2 is 1.83 bits per heavy atom. The highest BCUT2D eigenvalue weighted by Gasteiger charge is 2.15. The molecule has 0 aliphatic rings. The molecule has 0 radical (unpaired) electrons. The predicted octanol–water partition coefficient (Wildman–Crippen LogP) is 2.66. The van der Waals surface area contributed by atoms with Gasteiger partial charge in [-0.05, 0) is 54.0 Å². The van der Waals surface area contributed by atoms with E-state index in [1.807, 2.05) is 44.2 Å². The predicted molar refractivity (Wildman–Crippen MR) is 133 cm³/mol. The van der Waals surface area contributed by atoms with Crippen LogP contribution in [0.15, 0.2) is 45.5 Å². The Labute approximate surface area is 210 Å². The Morgan fingerprint density at radius 3 is 2.51 bits per heavy atom. The number of hydrogen-bond donors (Lipinski definition) is 4. The molecule has 35 heavy (non-hydrogen) atoms. The molecule has 0 saturated heterocycles. The van der Waals surface area contributed by atoms with Gasteiger partial charge in [-0.2, -0.15) is 0 Å². The molecule has 0 aliphatic carbocycles. The van der Waals surface area contributed by atoms with Crippen molar-refractivity contribution in [3.8, 4) is 11.5 Å². The van der Waals surface area contributed by atoms with Gasteiger partial charge in [-0.15, -0.1) is 0 Å². The van der Waals surface area contributed by atoms with E-state index in [1.165, 1.54) is 0 Å². The van der Waals surface area contributed by atoms with E-state index in [4.69, 9.17) is 15.2 Å². The lowest BCUT2D eigenvalue weighted by Crippen LogP contribution is -2.32. The van der Waals surface area contributed by atoms with Gasteiger partial charge in [-0.1, -0.05) is 33.6 Å². The van der Waals surface area contributed by atoms with Gasteiger partial charge >= 0.3 is 0 Å². The van der Waals surface area contributed by atoms with Crippen LogP contribution in [0.2, 0.25) is 0 Å². The number of nitrogens with zero attached hydrogens (tertiary/aromatic N) is 2. The summed E-state index contributed by atoms with van der Waals surface area (Å²) >= 11 is 3.54. The van der Waals surface area contributed by atoms with Crippen molar-refractivity contribution >= 4 is 39.2 Å². The van der Waals surface area contributed by atoms with E-state index in [0.717, 1.165) is 15.6 Å². The van der Waals surface area contributed by atoms with E-state index >= 15 is 0 Å². The van der Waals surface area contributed by atoms with Gasteiger partial charge in [0.2, 0.25) is 11.5 Å². The van der Waals surface area contributed by atoms with E-state index in [0.29, 0.717) is 43.4 Å². The Hall–Kier alpha value is -3.64. The highest BCUT2D eigenvalue weighted by Crippen LogP contribution is 2.34. The summed E-state index contributed by atoms with van der Waals surface area (Å²) < 4.78 is 16.6. The zero-order chi connectivity index (χ0) is 25.2. The van der Waals surface area contributed by atoms with Gasteiger partial charge in [0.1, 0.15) is 0 Å². The maximum absolute atomic E-state index is 12.3. The molecule has 1 aromatic heterocycles. The number of hydrogen-bond acceptors (Lipinski definition) is 9. The minimum atomic E-state index is -0.460. The molecule has 0 fully saturated rings. The Bertz CT molecular complexity index is 1150. The van der Waals surface area contributed by atoms with Gasteiger partial charge in [-0.25, -0.2) is 4.63 Å². The first-order chi connectivity index (χ1) is 16.9. The van der Waals surface area contributed by atoms with Crippen LogP contribution in [0.25, 0.3) is 0 Å². The largest absolute Gasteiger partial charge is 0.490 e. The number of halogens is 1. The van der Waals surface area contributed by atoms with E-state index in [2.05, 4.69) is 46.8 Å². The number of ether oxygens (including phenoxy) is 2. The first-order valence-electron chi connectivity index (χ1n) is 10.9. The smallest absolute Gasteiger partial charge is 0.277 e. The second-order valence-electron chi connectivity index (χ2n) is 7.46. The summed E-state index contributed by atoms with van der Waals surface area (Å²) in [5.41, 5.74) is 8.19. The number of aryl methyl sites for hydroxylation is 1. The van der Waals surface area contributed by atoms with Crippen LogP contribution in [0.3, 0.4) is 0 Å². The minimum Gasteiger partial charge on any atom is -0.490 e. The van der Waals surface area contributed by atoms with Gasteiger partial charge < -0.3 is 31.2 Å². The molecule has 0 aliphatic heterocycles. The van der Waals surface area contributed by atoms with Crippen LogP contribution in [0, 0.1) is 6.92 Å². The standard InChI is InChI=1S/C23H27BrN6O5/c1-3-33-18-10-15(12-26-8-9-27-23(32)21-22(25)30-35-29-21)17(24)11-19(18)34-13-20(31)28-16-6-4-14(2)5-7-16/h4-7,10-11,26H,3,8-9,12-13H2,1-2H3,(H2,25,30)(H,27,32)(H,28,31). The maximum atomic E-state index is 12.3. The van der Waals surface area contributed by atoms with Gasteiger partial charge in [-0.3, -0.25) is 9.59 Å². The van der Waals surface area contributed by atoms with Gasteiger partial charge in [0.25, 0.3) is 11.8 Å². The number of carbonyl (C=O) groups excluding carboxylic acids is 2. The molecule has 12 heteroatoms. The monoisotopic (exact) mass is 546 g/mol. The Kier molecular flexibility index (Phi) is 9.44. The van der Waals surface area contributed by atoms with Crippen molar-refractivity contribution in [3.63, 3.8) is 0 Å². The van der Waals surface area contributed by atoms with Crippen LogP contribution >= 0.6 is 15.9 Å². The SMILES string of the molecule is CCOc1cc(CNCCNC(=O)c2nonc2N)c(Br)cc1OCC(=O)Nc1ccc(C)cc1. The van der Waals surface area contributed by atoms with Gasteiger partial charge in [0.05, 0.1) is 6.61 Å². The third-order valence-electron chi connectivity index (χ3n) is 4.74. The van der Waals surface area contributed by atoms with Crippen LogP contribution < -0.4 is 31.2 Å². The lowest BCUT2D eigenvalue weighted by atomic mass is 10.2. The molecule has 5 N–H and O–H groups in total. The summed E-state index contributed by atoms with van der Waals surface area (Å²) in [6.07, 6.45) is 0. The topological polar surface area (TPSA) is 154 Å². The van der Waals surface area contributed by atoms with Crippen LogP contribution in [0.1, 0.15) is 28.5 Å². The molecule has 0 saturated carbocycles. The molecule has 0 unspecified atom stereocenters. The average Bonchev–Trinajstić information content (AvgIpc) is 3.27. The molecule has 11 nitrogen and oxygen atoms in total. The number of carbonyl (C=O) groups is 2. The van der Waals surface area contributed by atoms with Crippen molar-refractivity contribution in [2.24, 2.45) is 0 Å². The molecular weight excluding hydrogens is 520 g/mol. The van der Waals surface area contributed by atoms with Crippen LogP contribution in [-0.2, 0) is 11.3 Å². The number of nitrogens with one attached hydrogen (secondary N) is 3. The number of rotatable bonds is 12. The molecule has 3 aromatic rings. The fourth-order valence-corrected chi connectivity index (χ4v) is 3.46. The maximum Gasteiger partial charge on any atom is 0.277 e. The molecule has 3 rings (SSSR count). The van der Waals surface area contributed by atoms with Crippen molar-refractivity contribution < 1.29 is 23.7 Å². The number of amides is 2. The summed E-state index contributed by atoms with van der Waals surface area (Å²) in [6, 6.07) is 11.1. The number of aromatic nitrogens is 2. The molecule has 0 atom stereocenters. The van der Waals surface area contributed by atoms with Crippen molar-refractivity contribution in [2.75, 3.05) is 37.4 Å². The number of nitrogen functional groups attached to an aromatic ring is 1. The summed E-state index contributed by atoms with van der Waals surface area (Å²) in [4.78, 5) is 24.2. The van der Waals surface area contributed by atoms with Crippen molar-refractivity contribution in [3.05, 3.63) is 57.7 Å². The van der Waals surface area contributed by atoms with Crippen LogP contribution in [0.4, 0.5) is 11.5 Å². The summed E-state index contributed by atoms with van der Waals surface area (Å²) in [7, 11) is 0. The zero-order valence-corrected chi connectivity index (χ0v) is 21.0. The fourth-order valence-electron chi connectivity index (χ4n) is 3.00. The van der Waals surface area contributed by atoms with E-state index in [1.54, 1.807) is 6.07 Å². The number of nitrogens with two attached hydrogens (primary N) is 1. The van der Waals surface area contributed by atoms with E-state index in [-0.39, 0.29) is 24.0 Å². The molecule has 0 bridgehead atoms. The first-order valence-corrected chi connectivity index (χ1v) is 11.7. The zero-order valence-electron chi connectivity index (χ0n) is 19.4. The Morgan fingerprint density at radius 1 is 1.09 bits per heavy atom. The molecule has 2 aromatic carbocycles. The van der Waals surface area contributed by atoms with Crippen LogP contribution in [-0.4, -0.2) is 48.4 Å². The second kappa shape index (κ2) is 12.7. The molecule has 186 valence electrons. The fraction of sp³-hybridized carbons (Fsp3) is 0.304. The van der Waals surface area contributed by atoms with Crippen LogP contribution in [0.5, 0.6) is 11.5 Å². The van der Waals surface area contributed by atoms with E-state index < -0.39 is 5.91 Å². The first kappa shape index (κ1) is 26.0.